The second kappa shape index (κ2) is 7.98. The number of anilines is 1. The van der Waals surface area contributed by atoms with Crippen LogP contribution in [0.1, 0.15) is 18.1 Å². The summed E-state index contributed by atoms with van der Waals surface area (Å²) >= 11 is 0. The molecule has 2 aromatic rings. The largest absolute Gasteiger partial charge is 0.374 e. The Hall–Kier alpha value is -2.82. The van der Waals surface area contributed by atoms with Crippen LogP contribution in [0.4, 0.5) is 10.5 Å². The van der Waals surface area contributed by atoms with Crippen LogP contribution in [-0.4, -0.2) is 18.0 Å². The number of amides is 3. The van der Waals surface area contributed by atoms with Crippen LogP contribution in [0.2, 0.25) is 0 Å². The number of carbonyl (C=O) groups excluding carboxylic acids is 2. The first-order valence-corrected chi connectivity index (χ1v) is 7.50. The van der Waals surface area contributed by atoms with Gasteiger partial charge in [0.05, 0.1) is 0 Å². The number of imide groups is 1. The lowest BCUT2D eigenvalue weighted by Crippen LogP contribution is -2.45. The molecule has 23 heavy (non-hydrogen) atoms. The third-order valence-corrected chi connectivity index (χ3v) is 3.33. The summed E-state index contributed by atoms with van der Waals surface area (Å²) in [6, 6.07) is 16.2. The van der Waals surface area contributed by atoms with Crippen molar-refractivity contribution >= 4 is 17.6 Å². The molecular formula is C18H21N3O2. The van der Waals surface area contributed by atoms with Gasteiger partial charge in [-0.25, -0.2) is 4.79 Å². The van der Waals surface area contributed by atoms with Gasteiger partial charge >= 0.3 is 6.03 Å². The van der Waals surface area contributed by atoms with Crippen molar-refractivity contribution in [3.05, 3.63) is 65.7 Å². The summed E-state index contributed by atoms with van der Waals surface area (Å²) in [5.41, 5.74) is 2.92. The van der Waals surface area contributed by atoms with E-state index in [9.17, 15) is 9.59 Å². The van der Waals surface area contributed by atoms with Gasteiger partial charge in [-0.05, 0) is 37.1 Å². The van der Waals surface area contributed by atoms with Crippen LogP contribution in [0.3, 0.4) is 0 Å². The number of hydrogen-bond donors (Lipinski definition) is 3. The van der Waals surface area contributed by atoms with Crippen LogP contribution in [0.15, 0.2) is 54.6 Å². The molecule has 0 spiro atoms. The summed E-state index contributed by atoms with van der Waals surface area (Å²) in [6.07, 6.45) is 0. The lowest BCUT2D eigenvalue weighted by Gasteiger charge is -2.15. The van der Waals surface area contributed by atoms with Gasteiger partial charge in [0.15, 0.2) is 0 Å². The van der Waals surface area contributed by atoms with Gasteiger partial charge in [0, 0.05) is 12.2 Å². The van der Waals surface area contributed by atoms with E-state index in [1.54, 1.807) is 6.92 Å². The standard InChI is InChI=1S/C18H21N3O2/c1-13-7-6-10-16(11-13)20-14(2)17(22)21-18(23)19-12-15-8-4-3-5-9-15/h3-11,14,20H,12H2,1-2H3,(H2,19,21,22,23). The summed E-state index contributed by atoms with van der Waals surface area (Å²) in [5, 5.41) is 8.06. The molecular weight excluding hydrogens is 290 g/mol. The molecule has 0 aliphatic carbocycles. The highest BCUT2D eigenvalue weighted by atomic mass is 16.2. The number of hydrogen-bond acceptors (Lipinski definition) is 3. The average molecular weight is 311 g/mol. The van der Waals surface area contributed by atoms with Crippen LogP contribution >= 0.6 is 0 Å². The minimum absolute atomic E-state index is 0.375. The zero-order valence-corrected chi connectivity index (χ0v) is 13.3. The molecule has 5 heteroatoms. The highest BCUT2D eigenvalue weighted by Crippen LogP contribution is 2.10. The van der Waals surface area contributed by atoms with Gasteiger partial charge in [0.2, 0.25) is 5.91 Å². The van der Waals surface area contributed by atoms with E-state index >= 15 is 0 Å². The van der Waals surface area contributed by atoms with E-state index in [0.717, 1.165) is 16.8 Å². The molecule has 0 bridgehead atoms. The fraction of sp³-hybridized carbons (Fsp3) is 0.222. The minimum atomic E-state index is -0.515. The first kappa shape index (κ1) is 16.5. The van der Waals surface area contributed by atoms with E-state index in [0.29, 0.717) is 6.54 Å². The molecule has 0 saturated heterocycles. The molecule has 1 atom stereocenters. The summed E-state index contributed by atoms with van der Waals surface area (Å²) in [4.78, 5) is 23.8. The Morgan fingerprint density at radius 1 is 1.04 bits per heavy atom. The number of rotatable bonds is 5. The van der Waals surface area contributed by atoms with Gasteiger partial charge in [-0.1, -0.05) is 42.5 Å². The predicted octanol–water partition coefficient (Wildman–Crippen LogP) is 2.82. The molecule has 3 amide bonds. The van der Waals surface area contributed by atoms with E-state index in [2.05, 4.69) is 16.0 Å². The van der Waals surface area contributed by atoms with Crippen molar-refractivity contribution < 1.29 is 9.59 Å². The minimum Gasteiger partial charge on any atom is -0.374 e. The zero-order valence-electron chi connectivity index (χ0n) is 13.3. The second-order valence-electron chi connectivity index (χ2n) is 5.39. The van der Waals surface area contributed by atoms with Crippen molar-refractivity contribution in [1.82, 2.24) is 10.6 Å². The third kappa shape index (κ3) is 5.47. The number of carbonyl (C=O) groups is 2. The third-order valence-electron chi connectivity index (χ3n) is 3.33. The van der Waals surface area contributed by atoms with Gasteiger partial charge in [0.25, 0.3) is 0 Å². The number of nitrogens with one attached hydrogen (secondary N) is 3. The Balaban J connectivity index is 1.79. The first-order chi connectivity index (χ1) is 11.0. The zero-order chi connectivity index (χ0) is 16.7. The van der Waals surface area contributed by atoms with Crippen molar-refractivity contribution in [1.29, 1.82) is 0 Å². The van der Waals surface area contributed by atoms with Crippen LogP contribution < -0.4 is 16.0 Å². The SMILES string of the molecule is Cc1cccc(NC(C)C(=O)NC(=O)NCc2ccccc2)c1. The highest BCUT2D eigenvalue weighted by Gasteiger charge is 2.15. The summed E-state index contributed by atoms with van der Waals surface area (Å²) in [7, 11) is 0. The summed E-state index contributed by atoms with van der Waals surface area (Å²) in [5.74, 6) is -0.378. The topological polar surface area (TPSA) is 70.2 Å². The number of urea groups is 1. The van der Waals surface area contributed by atoms with Crippen molar-refractivity contribution in [2.45, 2.75) is 26.4 Å². The maximum Gasteiger partial charge on any atom is 0.321 e. The quantitative estimate of drug-likeness (QED) is 0.795. The van der Waals surface area contributed by atoms with Crippen LogP contribution in [0.5, 0.6) is 0 Å². The first-order valence-electron chi connectivity index (χ1n) is 7.50. The molecule has 120 valence electrons. The van der Waals surface area contributed by atoms with Gasteiger partial charge < -0.3 is 10.6 Å². The highest BCUT2D eigenvalue weighted by molar-refractivity contribution is 5.97. The normalized spacial score (nSPS) is 11.4. The van der Waals surface area contributed by atoms with Gasteiger partial charge in [0.1, 0.15) is 6.04 Å². The lowest BCUT2D eigenvalue weighted by atomic mass is 10.2. The van der Waals surface area contributed by atoms with Gasteiger partial charge in [-0.15, -0.1) is 0 Å². The average Bonchev–Trinajstić information content (AvgIpc) is 2.54. The lowest BCUT2D eigenvalue weighted by molar-refractivity contribution is -0.120. The Bertz CT molecular complexity index is 671. The van der Waals surface area contributed by atoms with Crippen LogP contribution in [-0.2, 0) is 11.3 Å². The molecule has 5 nitrogen and oxygen atoms in total. The van der Waals surface area contributed by atoms with Gasteiger partial charge in [-0.3, -0.25) is 10.1 Å². The fourth-order valence-corrected chi connectivity index (χ4v) is 2.09. The van der Waals surface area contributed by atoms with Crippen LogP contribution in [0, 0.1) is 6.92 Å². The molecule has 2 rings (SSSR count). The molecule has 0 fully saturated rings. The molecule has 0 aliphatic rings. The smallest absolute Gasteiger partial charge is 0.321 e. The van der Waals surface area contributed by atoms with E-state index in [4.69, 9.17) is 0 Å². The van der Waals surface area contributed by atoms with Crippen molar-refractivity contribution in [3.63, 3.8) is 0 Å². The molecule has 0 aliphatic heterocycles. The molecule has 0 heterocycles. The Labute approximate surface area is 136 Å². The summed E-state index contributed by atoms with van der Waals surface area (Å²) in [6.45, 7) is 4.06. The molecule has 0 radical (unpaired) electrons. The molecule has 3 N–H and O–H groups in total. The maximum atomic E-state index is 12.0. The monoisotopic (exact) mass is 311 g/mol. The second-order valence-corrected chi connectivity index (χ2v) is 5.39. The summed E-state index contributed by atoms with van der Waals surface area (Å²) < 4.78 is 0. The van der Waals surface area contributed by atoms with E-state index < -0.39 is 12.1 Å². The van der Waals surface area contributed by atoms with Crippen molar-refractivity contribution in [3.8, 4) is 0 Å². The maximum absolute atomic E-state index is 12.0. The van der Waals surface area contributed by atoms with Crippen LogP contribution in [0.25, 0.3) is 0 Å². The molecule has 0 aromatic heterocycles. The van der Waals surface area contributed by atoms with Crippen molar-refractivity contribution in [2.75, 3.05) is 5.32 Å². The predicted molar refractivity (Wildman–Crippen MR) is 91.1 cm³/mol. The Morgan fingerprint density at radius 3 is 2.48 bits per heavy atom. The molecule has 2 aromatic carbocycles. The Morgan fingerprint density at radius 2 is 1.78 bits per heavy atom. The Kier molecular flexibility index (Phi) is 5.74. The van der Waals surface area contributed by atoms with E-state index in [1.807, 2.05) is 61.5 Å². The number of benzene rings is 2. The fourth-order valence-electron chi connectivity index (χ4n) is 2.09. The molecule has 0 saturated carbocycles. The van der Waals surface area contributed by atoms with E-state index in [1.165, 1.54) is 0 Å². The van der Waals surface area contributed by atoms with E-state index in [-0.39, 0.29) is 5.91 Å². The molecule has 1 unspecified atom stereocenters. The van der Waals surface area contributed by atoms with Crippen molar-refractivity contribution in [2.24, 2.45) is 0 Å². The number of aryl methyl sites for hydroxylation is 1. The van der Waals surface area contributed by atoms with Gasteiger partial charge in [-0.2, -0.15) is 0 Å².